The SMILES string of the molecule is Nc1nc2c(ncn2C2OC(CO)C(O)C2OP(O)(=S)OCC2OC(n3cnc4c(N)ncnc43)C(F)C2O[P+](=O)S)c(=O)[nH]1. The maximum Gasteiger partial charge on any atom is 0.582 e. The Morgan fingerprint density at radius 3 is 2.51 bits per heavy atom. The molecule has 4 aromatic heterocycles. The topological polar surface area (TPSA) is 283 Å². The van der Waals surface area contributed by atoms with Gasteiger partial charge in [-0.2, -0.15) is 4.98 Å². The summed E-state index contributed by atoms with van der Waals surface area (Å²) in [5.74, 6) is -0.189. The number of hydrogen-bond acceptors (Lipinski definition) is 17. The first-order valence-electron chi connectivity index (χ1n) is 12.8. The van der Waals surface area contributed by atoms with Crippen LogP contribution in [0.4, 0.5) is 16.2 Å². The zero-order valence-electron chi connectivity index (χ0n) is 22.4. The molecule has 6 heterocycles. The third kappa shape index (κ3) is 6.06. The van der Waals surface area contributed by atoms with Crippen LogP contribution >= 0.6 is 26.2 Å². The highest BCUT2D eigenvalue weighted by atomic mass is 32.7. The quantitative estimate of drug-likeness (QED) is 0.0784. The number of imidazole rings is 2. The molecule has 0 radical (unpaired) electrons. The van der Waals surface area contributed by atoms with Crippen molar-refractivity contribution in [1.82, 2.24) is 39.0 Å². The third-order valence-electron chi connectivity index (χ3n) is 7.01. The van der Waals surface area contributed by atoms with Crippen LogP contribution in [0.25, 0.3) is 22.3 Å². The molecular weight excluding hydrogens is 685 g/mol. The Morgan fingerprint density at radius 2 is 1.80 bits per heavy atom. The summed E-state index contributed by atoms with van der Waals surface area (Å²) in [5, 5.41) is 20.6. The van der Waals surface area contributed by atoms with Crippen LogP contribution in [0.3, 0.4) is 0 Å². The summed E-state index contributed by atoms with van der Waals surface area (Å²) in [4.78, 5) is 45.6. The number of aliphatic hydroxyl groups is 2. The molecule has 2 fully saturated rings. The van der Waals surface area contributed by atoms with Crippen LogP contribution in [0, 0.1) is 0 Å². The number of H-pyrrole nitrogens is 1. The van der Waals surface area contributed by atoms with Gasteiger partial charge >= 0.3 is 13.9 Å². The molecule has 0 spiro atoms. The van der Waals surface area contributed by atoms with Crippen LogP contribution in [0.5, 0.6) is 0 Å². The maximum absolute atomic E-state index is 15.7. The molecule has 10 unspecified atom stereocenters. The van der Waals surface area contributed by atoms with Crippen LogP contribution < -0.4 is 17.0 Å². The minimum Gasteiger partial charge on any atom is -0.394 e. The predicted octanol–water partition coefficient (Wildman–Crippen LogP) is -0.799. The number of aromatic amines is 1. The van der Waals surface area contributed by atoms with E-state index in [9.17, 15) is 24.5 Å². The van der Waals surface area contributed by atoms with Gasteiger partial charge in [0, 0.05) is 0 Å². The summed E-state index contributed by atoms with van der Waals surface area (Å²) >= 11 is 8.89. The fraction of sp³-hybridized carbons (Fsp3) is 0.500. The lowest BCUT2D eigenvalue weighted by atomic mass is 10.1. The molecule has 10 atom stereocenters. The highest BCUT2D eigenvalue weighted by Crippen LogP contribution is 2.51. The summed E-state index contributed by atoms with van der Waals surface area (Å²) in [6, 6.07) is 0. The number of thiol groups is 1. The average molecular weight is 710 g/mol. The Labute approximate surface area is 261 Å². The lowest BCUT2D eigenvalue weighted by Crippen LogP contribution is -2.35. The van der Waals surface area contributed by atoms with Gasteiger partial charge in [-0.15, -0.1) is 4.52 Å². The number of ether oxygens (including phenoxy) is 2. The van der Waals surface area contributed by atoms with E-state index < -0.39 is 81.9 Å². The zero-order chi connectivity index (χ0) is 32.2. The number of aromatic nitrogens is 8. The van der Waals surface area contributed by atoms with E-state index in [1.54, 1.807) is 0 Å². The summed E-state index contributed by atoms with van der Waals surface area (Å²) < 4.78 is 57.8. The third-order valence-corrected chi connectivity index (χ3v) is 9.28. The monoisotopic (exact) mass is 709 g/mol. The predicted molar refractivity (Wildman–Crippen MR) is 157 cm³/mol. The molecular formula is C20H24FN10O10P2S2+. The number of anilines is 2. The van der Waals surface area contributed by atoms with Crippen molar-refractivity contribution in [2.75, 3.05) is 24.7 Å². The number of hydrogen-bond donors (Lipinski definition) is 7. The molecule has 45 heavy (non-hydrogen) atoms. The number of nitrogens with zero attached hydrogens (tertiary/aromatic N) is 7. The maximum atomic E-state index is 15.7. The minimum absolute atomic E-state index is 0.0472. The van der Waals surface area contributed by atoms with Crippen LogP contribution in [0.1, 0.15) is 12.5 Å². The van der Waals surface area contributed by atoms with Gasteiger partial charge in [-0.3, -0.25) is 23.4 Å². The zero-order valence-corrected chi connectivity index (χ0v) is 25.9. The van der Waals surface area contributed by atoms with Gasteiger partial charge < -0.3 is 40.6 Å². The standard InChI is InChI=1S/C20H23FN10O10P2S2/c21-8-12(40-42(35)44)7(39-18(8)30-4-26-9-14(22)24-3-25-15(9)30)2-37-43(36,45)41-13-11(33)6(1-32)38-19(13)31-5-27-10-16(31)28-20(23)29-17(10)34/h3-8,11-13,18-19,32-33H,1-2H2,(H6-,22,23,24,25,28,29,34,35,36,44,45)/p+1. The minimum atomic E-state index is -4.33. The lowest BCUT2D eigenvalue weighted by molar-refractivity contribution is -0.0542. The first kappa shape index (κ1) is 32.2. The number of nitrogens with one attached hydrogen (secondary N) is 1. The molecule has 20 nitrogen and oxygen atoms in total. The van der Waals surface area contributed by atoms with Crippen molar-refractivity contribution >= 4 is 72.1 Å². The molecule has 4 aromatic rings. The smallest absolute Gasteiger partial charge is 0.394 e. The summed E-state index contributed by atoms with van der Waals surface area (Å²) in [6.07, 6.45) is -8.30. The second-order valence-electron chi connectivity index (χ2n) is 9.75. The molecule has 2 aliphatic heterocycles. The van der Waals surface area contributed by atoms with Gasteiger partial charge in [0.05, 0.1) is 25.9 Å². The van der Waals surface area contributed by atoms with Gasteiger partial charge in [0.15, 0.2) is 47.4 Å². The molecule has 25 heteroatoms. The molecule has 0 aliphatic carbocycles. The number of fused-ring (bicyclic) bond motifs is 2. The van der Waals surface area contributed by atoms with Crippen molar-refractivity contribution in [3.63, 3.8) is 0 Å². The van der Waals surface area contributed by atoms with E-state index in [0.717, 1.165) is 12.7 Å². The van der Waals surface area contributed by atoms with E-state index in [2.05, 4.69) is 42.2 Å². The van der Waals surface area contributed by atoms with Crippen LogP contribution in [0.2, 0.25) is 0 Å². The van der Waals surface area contributed by atoms with E-state index in [4.69, 9.17) is 46.3 Å². The Hall–Kier alpha value is -2.79. The van der Waals surface area contributed by atoms with Gasteiger partial charge in [0.1, 0.15) is 48.5 Å². The highest BCUT2D eigenvalue weighted by molar-refractivity contribution is 8.39. The van der Waals surface area contributed by atoms with Crippen molar-refractivity contribution in [2.45, 2.75) is 49.1 Å². The van der Waals surface area contributed by atoms with E-state index >= 15 is 4.39 Å². The van der Waals surface area contributed by atoms with Gasteiger partial charge in [-0.05, 0) is 16.4 Å². The van der Waals surface area contributed by atoms with E-state index in [0.29, 0.717) is 0 Å². The number of halogens is 1. The van der Waals surface area contributed by atoms with Crippen molar-refractivity contribution in [1.29, 1.82) is 0 Å². The highest BCUT2D eigenvalue weighted by Gasteiger charge is 2.53. The number of alkyl halides is 1. The van der Waals surface area contributed by atoms with Gasteiger partial charge in [-0.1, -0.05) is 0 Å². The number of nitrogen functional groups attached to an aromatic ring is 2. The first-order chi connectivity index (χ1) is 21.4. The van der Waals surface area contributed by atoms with E-state index in [1.165, 1.54) is 15.5 Å². The normalized spacial score (nSPS) is 30.3. The Kier molecular flexibility index (Phi) is 8.89. The van der Waals surface area contributed by atoms with Gasteiger partial charge in [0.2, 0.25) is 5.95 Å². The van der Waals surface area contributed by atoms with Crippen LogP contribution in [0.15, 0.2) is 23.8 Å². The Balaban J connectivity index is 1.22. The van der Waals surface area contributed by atoms with Crippen LogP contribution in [-0.2, 0) is 39.4 Å². The Bertz CT molecular complexity index is 1870. The first-order valence-corrected chi connectivity index (χ1v) is 17.7. The second-order valence-corrected chi connectivity index (χ2v) is 14.2. The molecule has 8 N–H and O–H groups in total. The Morgan fingerprint density at radius 1 is 1.11 bits per heavy atom. The van der Waals surface area contributed by atoms with Crippen LogP contribution in [-0.4, -0.2) is 104 Å². The van der Waals surface area contributed by atoms with Gasteiger partial charge in [-0.25, -0.2) is 24.3 Å². The molecule has 0 saturated carbocycles. The fourth-order valence-corrected chi connectivity index (χ4v) is 7.23. The number of aliphatic hydroxyl groups excluding tert-OH is 2. The van der Waals surface area contributed by atoms with Gasteiger partial charge in [0.25, 0.3) is 5.56 Å². The molecule has 2 saturated heterocycles. The van der Waals surface area contributed by atoms with Crippen molar-refractivity contribution in [2.24, 2.45) is 0 Å². The molecule has 0 bridgehead atoms. The fourth-order valence-electron chi connectivity index (χ4n) is 5.03. The summed E-state index contributed by atoms with van der Waals surface area (Å²) in [6.45, 7) is -5.64. The largest absolute Gasteiger partial charge is 0.582 e. The number of rotatable bonds is 10. The van der Waals surface area contributed by atoms with Crippen molar-refractivity contribution < 1.29 is 47.1 Å². The molecule has 2 aliphatic rings. The van der Waals surface area contributed by atoms with E-state index in [1.807, 2.05) is 0 Å². The molecule has 0 aromatic carbocycles. The number of nitrogens with two attached hydrogens (primary N) is 2. The van der Waals surface area contributed by atoms with E-state index in [-0.39, 0.29) is 34.1 Å². The molecule has 0 amide bonds. The summed E-state index contributed by atoms with van der Waals surface area (Å²) in [5.41, 5.74) is 11.0. The van der Waals surface area contributed by atoms with Crippen molar-refractivity contribution in [3.8, 4) is 0 Å². The summed E-state index contributed by atoms with van der Waals surface area (Å²) in [7, 11) is -2.62. The molecule has 242 valence electrons. The second kappa shape index (κ2) is 12.4. The molecule has 6 rings (SSSR count). The van der Waals surface area contributed by atoms with Crippen molar-refractivity contribution in [3.05, 3.63) is 29.3 Å². The average Bonchev–Trinajstić information content (AvgIpc) is 3.73. The lowest BCUT2D eigenvalue weighted by Gasteiger charge is -2.27.